The number of halogens is 2. The number of hydrogen-bond acceptors (Lipinski definition) is 8. The maximum absolute atomic E-state index is 14.6. The Morgan fingerprint density at radius 2 is 2.03 bits per heavy atom. The number of alkyl halides is 1. The summed E-state index contributed by atoms with van der Waals surface area (Å²) in [6.45, 7) is 1.73. The van der Waals surface area contributed by atoms with Crippen molar-refractivity contribution in [3.05, 3.63) is 59.8 Å². The van der Waals surface area contributed by atoms with Gasteiger partial charge >= 0.3 is 0 Å². The molecular formula is C22H21F2N7O2. The summed E-state index contributed by atoms with van der Waals surface area (Å²) in [5.41, 5.74) is 2.69. The number of ether oxygens (including phenoxy) is 1. The number of aliphatic hydroxyl groups excluding tert-OH is 1. The second-order valence-corrected chi connectivity index (χ2v) is 7.91. The summed E-state index contributed by atoms with van der Waals surface area (Å²) in [6.07, 6.45) is 2.49. The summed E-state index contributed by atoms with van der Waals surface area (Å²) in [5.74, 6) is 0.206. The summed E-state index contributed by atoms with van der Waals surface area (Å²) in [5, 5.41) is 22.7. The molecule has 1 aliphatic rings. The van der Waals surface area contributed by atoms with E-state index in [-0.39, 0.29) is 18.8 Å². The number of nitrogens with zero attached hydrogens (tertiary/aromatic N) is 7. The van der Waals surface area contributed by atoms with Crippen molar-refractivity contribution in [2.75, 3.05) is 18.6 Å². The van der Waals surface area contributed by atoms with Gasteiger partial charge in [-0.15, -0.1) is 10.2 Å². The van der Waals surface area contributed by atoms with Gasteiger partial charge in [-0.3, -0.25) is 0 Å². The molecule has 0 bridgehead atoms. The van der Waals surface area contributed by atoms with Crippen molar-refractivity contribution in [2.24, 2.45) is 0 Å². The molecular weight excluding hydrogens is 432 g/mol. The number of hydrogen-bond donors (Lipinski definition) is 1. The first-order chi connectivity index (χ1) is 15.9. The maximum Gasteiger partial charge on any atom is 0.218 e. The Kier molecular flexibility index (Phi) is 5.33. The first-order valence-corrected chi connectivity index (χ1v) is 10.4. The molecule has 0 amide bonds. The minimum atomic E-state index is -1.13. The molecule has 4 aromatic heterocycles. The Balaban J connectivity index is 1.58. The molecule has 33 heavy (non-hydrogen) atoms. The van der Waals surface area contributed by atoms with Gasteiger partial charge in [0.2, 0.25) is 5.88 Å². The fourth-order valence-electron chi connectivity index (χ4n) is 4.11. The summed E-state index contributed by atoms with van der Waals surface area (Å²) in [7, 11) is 1.44. The van der Waals surface area contributed by atoms with E-state index in [4.69, 9.17) is 4.74 Å². The highest BCUT2D eigenvalue weighted by molar-refractivity contribution is 5.61. The van der Waals surface area contributed by atoms with E-state index in [1.54, 1.807) is 40.7 Å². The molecule has 0 spiro atoms. The molecule has 0 radical (unpaired) electrons. The minimum Gasteiger partial charge on any atom is -0.481 e. The molecule has 0 aliphatic carbocycles. The molecule has 5 rings (SSSR count). The molecule has 1 aliphatic heterocycles. The van der Waals surface area contributed by atoms with Crippen LogP contribution in [0, 0.1) is 5.82 Å². The van der Waals surface area contributed by atoms with Crippen molar-refractivity contribution in [2.45, 2.75) is 31.7 Å². The average molecular weight is 453 g/mol. The zero-order valence-corrected chi connectivity index (χ0v) is 17.9. The Morgan fingerprint density at radius 1 is 1.18 bits per heavy atom. The van der Waals surface area contributed by atoms with Crippen LogP contribution in [0.4, 0.5) is 14.6 Å². The Bertz CT molecular complexity index is 1310. The van der Waals surface area contributed by atoms with Gasteiger partial charge in [0.1, 0.15) is 29.2 Å². The predicted molar refractivity (Wildman–Crippen MR) is 115 cm³/mol. The third-order valence-electron chi connectivity index (χ3n) is 5.71. The number of anilines is 1. The smallest absolute Gasteiger partial charge is 0.218 e. The van der Waals surface area contributed by atoms with E-state index in [0.29, 0.717) is 34.0 Å². The van der Waals surface area contributed by atoms with Crippen LogP contribution in [0.25, 0.3) is 17.0 Å². The van der Waals surface area contributed by atoms with Crippen LogP contribution >= 0.6 is 0 Å². The SMILES string of the molecule is COc1ncc(F)cc1[C@H]1C[C@H](F)CN1c1ccc2ncc(-c3cc(C(C)O)cnn3)n2n1. The topological polar surface area (TPSA) is 102 Å². The monoisotopic (exact) mass is 453 g/mol. The third-order valence-corrected chi connectivity index (χ3v) is 5.71. The number of methoxy groups -OCH3 is 1. The Labute approximate surface area is 187 Å². The zero-order valence-electron chi connectivity index (χ0n) is 17.9. The molecule has 1 fully saturated rings. The molecule has 3 atom stereocenters. The van der Waals surface area contributed by atoms with E-state index in [1.807, 2.05) is 0 Å². The van der Waals surface area contributed by atoms with E-state index in [0.717, 1.165) is 6.20 Å². The van der Waals surface area contributed by atoms with Crippen molar-refractivity contribution >= 4 is 11.5 Å². The molecule has 1 N–H and O–H groups in total. The number of pyridine rings is 1. The molecule has 0 saturated carbocycles. The van der Waals surface area contributed by atoms with Crippen molar-refractivity contribution in [1.82, 2.24) is 29.8 Å². The quantitative estimate of drug-likeness (QED) is 0.492. The molecule has 5 heterocycles. The number of rotatable bonds is 5. The lowest BCUT2D eigenvalue weighted by atomic mass is 10.1. The van der Waals surface area contributed by atoms with Crippen LogP contribution in [0.5, 0.6) is 5.88 Å². The van der Waals surface area contributed by atoms with Crippen LogP contribution in [-0.4, -0.2) is 54.7 Å². The summed E-state index contributed by atoms with van der Waals surface area (Å²) in [4.78, 5) is 10.1. The lowest BCUT2D eigenvalue weighted by Crippen LogP contribution is -2.26. The van der Waals surface area contributed by atoms with E-state index >= 15 is 0 Å². The third kappa shape index (κ3) is 3.84. The zero-order chi connectivity index (χ0) is 23.1. The Hall–Kier alpha value is -3.73. The predicted octanol–water partition coefficient (Wildman–Crippen LogP) is 3.07. The van der Waals surface area contributed by atoms with E-state index in [9.17, 15) is 13.9 Å². The summed E-state index contributed by atoms with van der Waals surface area (Å²) >= 11 is 0. The lowest BCUT2D eigenvalue weighted by molar-refractivity contribution is 0.198. The number of aromatic nitrogens is 6. The second-order valence-electron chi connectivity index (χ2n) is 7.91. The van der Waals surface area contributed by atoms with Gasteiger partial charge in [0.05, 0.1) is 44.4 Å². The molecule has 1 unspecified atom stereocenters. The molecule has 1 saturated heterocycles. The summed E-state index contributed by atoms with van der Waals surface area (Å²) < 4.78 is 35.4. The minimum absolute atomic E-state index is 0.0875. The number of fused-ring (bicyclic) bond motifs is 1. The fourth-order valence-corrected chi connectivity index (χ4v) is 4.11. The number of imidazole rings is 1. The van der Waals surface area contributed by atoms with Crippen LogP contribution < -0.4 is 9.64 Å². The largest absolute Gasteiger partial charge is 0.481 e. The highest BCUT2D eigenvalue weighted by atomic mass is 19.1. The fraction of sp³-hybridized carbons (Fsp3) is 0.318. The van der Waals surface area contributed by atoms with Gasteiger partial charge in [0.15, 0.2) is 5.65 Å². The van der Waals surface area contributed by atoms with Crippen LogP contribution in [0.2, 0.25) is 0 Å². The molecule has 4 aromatic rings. The highest BCUT2D eigenvalue weighted by Crippen LogP contribution is 2.40. The first-order valence-electron chi connectivity index (χ1n) is 10.4. The van der Waals surface area contributed by atoms with Gasteiger partial charge in [-0.1, -0.05) is 0 Å². The van der Waals surface area contributed by atoms with E-state index in [1.165, 1.54) is 19.4 Å². The van der Waals surface area contributed by atoms with Gasteiger partial charge in [-0.2, -0.15) is 5.10 Å². The highest BCUT2D eigenvalue weighted by Gasteiger charge is 2.36. The molecule has 9 nitrogen and oxygen atoms in total. The summed E-state index contributed by atoms with van der Waals surface area (Å²) in [6, 6.07) is 6.04. The molecule has 170 valence electrons. The molecule has 11 heteroatoms. The van der Waals surface area contributed by atoms with Crippen LogP contribution in [-0.2, 0) is 0 Å². The van der Waals surface area contributed by atoms with E-state index < -0.39 is 24.1 Å². The van der Waals surface area contributed by atoms with E-state index in [2.05, 4.69) is 25.3 Å². The van der Waals surface area contributed by atoms with Crippen LogP contribution in [0.1, 0.15) is 36.6 Å². The van der Waals surface area contributed by atoms with Crippen LogP contribution in [0.3, 0.4) is 0 Å². The lowest BCUT2D eigenvalue weighted by Gasteiger charge is -2.26. The Morgan fingerprint density at radius 3 is 2.82 bits per heavy atom. The maximum atomic E-state index is 14.6. The van der Waals surface area contributed by atoms with Crippen LogP contribution in [0.15, 0.2) is 42.9 Å². The molecule has 0 aromatic carbocycles. The van der Waals surface area contributed by atoms with Crippen molar-refractivity contribution < 1.29 is 18.6 Å². The van der Waals surface area contributed by atoms with Gasteiger partial charge in [-0.25, -0.2) is 23.3 Å². The van der Waals surface area contributed by atoms with Gasteiger partial charge in [0.25, 0.3) is 0 Å². The number of aliphatic hydroxyl groups is 1. The first kappa shape index (κ1) is 21.1. The van der Waals surface area contributed by atoms with Gasteiger partial charge in [-0.05, 0) is 31.2 Å². The van der Waals surface area contributed by atoms with Crippen molar-refractivity contribution in [3.63, 3.8) is 0 Å². The van der Waals surface area contributed by atoms with Gasteiger partial charge in [0, 0.05) is 17.5 Å². The average Bonchev–Trinajstić information content (AvgIpc) is 3.42. The second kappa shape index (κ2) is 8.32. The van der Waals surface area contributed by atoms with Gasteiger partial charge < -0.3 is 14.7 Å². The standard InChI is InChI=1S/C22H21F2N7O2/c1-12(32)13-5-17(28-27-8-13)19-10-25-20-3-4-21(29-31(19)20)30-11-15(24)7-18(30)16-6-14(23)9-26-22(16)33-2/h3-6,8-10,12,15,18,32H,7,11H2,1-2H3/t12?,15-,18+/m0/s1. The van der Waals surface area contributed by atoms with Crippen molar-refractivity contribution in [1.29, 1.82) is 0 Å². The van der Waals surface area contributed by atoms with Crippen molar-refractivity contribution in [3.8, 4) is 17.3 Å². The normalized spacial score (nSPS) is 19.2.